The summed E-state index contributed by atoms with van der Waals surface area (Å²) in [5, 5.41) is 29.6. The van der Waals surface area contributed by atoms with Gasteiger partial charge in [-0.15, -0.1) is 10.2 Å². The number of aryl methyl sites for hydroxylation is 1. The number of carboxylic acids is 1. The lowest BCUT2D eigenvalue weighted by atomic mass is 10.1. The lowest BCUT2D eigenvalue weighted by Gasteiger charge is -2.29. The molecule has 0 unspecified atom stereocenters. The van der Waals surface area contributed by atoms with Gasteiger partial charge in [0, 0.05) is 24.2 Å². The Labute approximate surface area is 224 Å². The van der Waals surface area contributed by atoms with E-state index < -0.39 is 5.97 Å². The maximum atomic E-state index is 13.3. The van der Waals surface area contributed by atoms with E-state index in [2.05, 4.69) is 46.2 Å². The summed E-state index contributed by atoms with van der Waals surface area (Å²) in [6, 6.07) is 7.45. The number of carbonyl (C=O) groups is 3. The molecule has 3 aromatic heterocycles. The Bertz CT molecular complexity index is 1600. The number of carbonyl (C=O) groups excluding carboxylic acids is 2. The molecule has 39 heavy (non-hydrogen) atoms. The number of benzene rings is 1. The predicted molar refractivity (Wildman–Crippen MR) is 139 cm³/mol. The normalized spacial score (nSPS) is 14.9. The monoisotopic (exact) mass is 547 g/mol. The number of nitrogens with zero attached hydrogens (tertiary/aromatic N) is 8. The van der Waals surface area contributed by atoms with Crippen LogP contribution in [0.25, 0.3) is 11.4 Å². The number of rotatable bonds is 7. The van der Waals surface area contributed by atoms with Crippen LogP contribution in [0.5, 0.6) is 0 Å². The van der Waals surface area contributed by atoms with Crippen molar-refractivity contribution >= 4 is 51.8 Å². The molecule has 15 nitrogen and oxygen atoms in total. The van der Waals surface area contributed by atoms with Crippen LogP contribution >= 0.6 is 11.3 Å². The van der Waals surface area contributed by atoms with Gasteiger partial charge in [-0.3, -0.25) is 19.8 Å². The first-order valence-electron chi connectivity index (χ1n) is 11.9. The Kier molecular flexibility index (Phi) is 6.07. The number of aromatic carboxylic acids is 1. The highest BCUT2D eigenvalue weighted by Gasteiger charge is 2.35. The summed E-state index contributed by atoms with van der Waals surface area (Å²) in [7, 11) is 0. The van der Waals surface area contributed by atoms with Gasteiger partial charge >= 0.3 is 5.97 Å². The van der Waals surface area contributed by atoms with E-state index in [1.807, 2.05) is 29.2 Å². The molecular weight excluding hydrogens is 526 g/mol. The number of anilines is 4. The highest BCUT2D eigenvalue weighted by atomic mass is 32.1. The molecule has 198 valence electrons. The zero-order chi connectivity index (χ0) is 27.1. The number of aromatic amines is 1. The van der Waals surface area contributed by atoms with Crippen molar-refractivity contribution in [2.24, 2.45) is 0 Å². The van der Waals surface area contributed by atoms with Crippen molar-refractivity contribution in [2.45, 2.75) is 19.9 Å². The average molecular weight is 548 g/mol. The molecule has 0 aliphatic carbocycles. The number of aromatic nitrogens is 7. The van der Waals surface area contributed by atoms with Crippen molar-refractivity contribution in [3.05, 3.63) is 46.0 Å². The Morgan fingerprint density at radius 1 is 1.21 bits per heavy atom. The highest BCUT2D eigenvalue weighted by Crippen LogP contribution is 2.37. The zero-order valence-electron chi connectivity index (χ0n) is 20.5. The predicted octanol–water partition coefficient (Wildman–Crippen LogP) is 0.889. The lowest BCUT2D eigenvalue weighted by Crippen LogP contribution is -2.48. The largest absolute Gasteiger partial charge is 0.477 e. The van der Waals surface area contributed by atoms with Gasteiger partial charge in [0.05, 0.1) is 25.2 Å². The molecule has 0 atom stereocenters. The maximum Gasteiger partial charge on any atom is 0.347 e. The molecule has 16 heteroatoms. The SMILES string of the molecule is Cc1nc(Nc2nc(N3CCNC(=O)C3)c3c(n2)N(Cc2cccc(-c4nn[nH]n4)c2)C(=O)C3)sc1C(=O)O. The molecule has 0 radical (unpaired) electrons. The van der Waals surface area contributed by atoms with Gasteiger partial charge in [-0.25, -0.2) is 9.78 Å². The summed E-state index contributed by atoms with van der Waals surface area (Å²) in [6.07, 6.45) is 0.0765. The minimum Gasteiger partial charge on any atom is -0.477 e. The zero-order valence-corrected chi connectivity index (χ0v) is 21.3. The van der Waals surface area contributed by atoms with E-state index in [1.54, 1.807) is 11.8 Å². The van der Waals surface area contributed by atoms with Crippen molar-refractivity contribution < 1.29 is 19.5 Å². The van der Waals surface area contributed by atoms with Crippen LogP contribution in [0.1, 0.15) is 26.5 Å². The summed E-state index contributed by atoms with van der Waals surface area (Å²) < 4.78 is 0. The Balaban J connectivity index is 1.38. The van der Waals surface area contributed by atoms with Crippen molar-refractivity contribution in [3.63, 3.8) is 0 Å². The number of carboxylic acid groups (broad SMARTS) is 1. The van der Waals surface area contributed by atoms with E-state index >= 15 is 0 Å². The molecule has 4 aromatic rings. The van der Waals surface area contributed by atoms with Gasteiger partial charge in [0.2, 0.25) is 23.6 Å². The number of hydrogen-bond donors (Lipinski definition) is 4. The van der Waals surface area contributed by atoms with Crippen LogP contribution in [0.4, 0.5) is 22.7 Å². The molecular formula is C23H21N11O4S. The number of tetrazole rings is 1. The molecule has 6 rings (SSSR count). The summed E-state index contributed by atoms with van der Waals surface area (Å²) in [6.45, 7) is 2.87. The van der Waals surface area contributed by atoms with Crippen LogP contribution in [0.2, 0.25) is 0 Å². The van der Waals surface area contributed by atoms with E-state index in [0.717, 1.165) is 22.5 Å². The van der Waals surface area contributed by atoms with Crippen molar-refractivity contribution in [1.29, 1.82) is 0 Å². The quantitative estimate of drug-likeness (QED) is 0.255. The molecule has 1 fully saturated rings. The number of amides is 2. The fourth-order valence-corrected chi connectivity index (χ4v) is 5.32. The Morgan fingerprint density at radius 2 is 2.05 bits per heavy atom. The third-order valence-corrected chi connectivity index (χ3v) is 7.33. The maximum absolute atomic E-state index is 13.3. The Morgan fingerprint density at radius 3 is 2.79 bits per heavy atom. The number of thiazole rings is 1. The summed E-state index contributed by atoms with van der Waals surface area (Å²) in [5.74, 6) is 0.0691. The summed E-state index contributed by atoms with van der Waals surface area (Å²) >= 11 is 0.962. The second-order valence-electron chi connectivity index (χ2n) is 8.90. The van der Waals surface area contributed by atoms with E-state index in [0.29, 0.717) is 46.9 Å². The number of piperazine rings is 1. The number of H-pyrrole nitrogens is 1. The second kappa shape index (κ2) is 9.71. The fraction of sp³-hybridized carbons (Fsp3) is 0.261. The first-order chi connectivity index (χ1) is 18.9. The molecule has 0 bridgehead atoms. The number of fused-ring (bicyclic) bond motifs is 1. The van der Waals surface area contributed by atoms with Crippen LogP contribution in [-0.4, -0.2) is 78.1 Å². The van der Waals surface area contributed by atoms with Gasteiger partial charge in [0.15, 0.2) is 5.13 Å². The molecule has 1 aromatic carbocycles. The van der Waals surface area contributed by atoms with Gasteiger partial charge < -0.3 is 15.3 Å². The molecule has 4 N–H and O–H groups in total. The van der Waals surface area contributed by atoms with Gasteiger partial charge in [-0.05, 0) is 23.8 Å². The van der Waals surface area contributed by atoms with Crippen LogP contribution in [0, 0.1) is 6.92 Å². The van der Waals surface area contributed by atoms with Crippen molar-refractivity contribution in [3.8, 4) is 11.4 Å². The van der Waals surface area contributed by atoms with Crippen LogP contribution < -0.4 is 20.4 Å². The summed E-state index contributed by atoms with van der Waals surface area (Å²) in [4.78, 5) is 54.0. The molecule has 0 saturated carbocycles. The molecule has 1 saturated heterocycles. The standard InChI is InChI=1S/C23H21N11O4S/c1-11-17(21(37)38)39-23(25-11)28-22-26-19(33-6-5-24-15(35)10-33)14-8-16(36)34(20(14)27-22)9-12-3-2-4-13(7-12)18-29-31-32-30-18/h2-4,7H,5-6,8-10H2,1H3,(H,24,35)(H,37,38)(H,25,26,27,28)(H,29,30,31,32). The topological polar surface area (TPSA) is 195 Å². The number of hydrogen-bond acceptors (Lipinski definition) is 12. The first-order valence-corrected chi connectivity index (χ1v) is 12.7. The minimum atomic E-state index is -1.08. The fourth-order valence-electron chi connectivity index (χ4n) is 4.53. The lowest BCUT2D eigenvalue weighted by molar-refractivity contribution is -0.120. The van der Waals surface area contributed by atoms with Crippen LogP contribution in [0.15, 0.2) is 24.3 Å². The van der Waals surface area contributed by atoms with E-state index in [9.17, 15) is 19.5 Å². The van der Waals surface area contributed by atoms with E-state index in [1.165, 1.54) is 0 Å². The molecule has 2 amide bonds. The molecule has 2 aliphatic heterocycles. The summed E-state index contributed by atoms with van der Waals surface area (Å²) in [5.41, 5.74) is 2.55. The number of nitrogens with one attached hydrogen (secondary N) is 3. The van der Waals surface area contributed by atoms with Crippen molar-refractivity contribution in [2.75, 3.05) is 34.8 Å². The third-order valence-electron chi connectivity index (χ3n) is 6.27. The Hall–Kier alpha value is -4.99. The van der Waals surface area contributed by atoms with Gasteiger partial charge in [0.25, 0.3) is 0 Å². The van der Waals surface area contributed by atoms with E-state index in [-0.39, 0.29) is 42.2 Å². The third kappa shape index (κ3) is 4.72. The van der Waals surface area contributed by atoms with Crippen LogP contribution in [0.3, 0.4) is 0 Å². The van der Waals surface area contributed by atoms with Crippen molar-refractivity contribution in [1.82, 2.24) is 40.9 Å². The molecule has 2 aliphatic rings. The van der Waals surface area contributed by atoms with Gasteiger partial charge in [-0.1, -0.05) is 29.5 Å². The molecule has 0 spiro atoms. The minimum absolute atomic E-state index is 0.0765. The smallest absolute Gasteiger partial charge is 0.347 e. The first kappa shape index (κ1) is 24.4. The molecule has 5 heterocycles. The van der Waals surface area contributed by atoms with Gasteiger partial charge in [0.1, 0.15) is 16.5 Å². The van der Waals surface area contributed by atoms with Gasteiger partial charge in [-0.2, -0.15) is 15.2 Å². The average Bonchev–Trinajstić information content (AvgIpc) is 3.64. The second-order valence-corrected chi connectivity index (χ2v) is 9.90. The highest BCUT2D eigenvalue weighted by molar-refractivity contribution is 7.17. The van der Waals surface area contributed by atoms with E-state index in [4.69, 9.17) is 0 Å². The van der Waals surface area contributed by atoms with Crippen LogP contribution in [-0.2, 0) is 22.6 Å².